The molecule has 1 N–H and O–H groups in total. The molecular formula is C24H19N3O3S2. The highest BCUT2D eigenvalue weighted by atomic mass is 32.1. The third kappa shape index (κ3) is 4.13. The Morgan fingerprint density at radius 3 is 2.66 bits per heavy atom. The number of ether oxygens (including phenoxy) is 1. The highest BCUT2D eigenvalue weighted by Crippen LogP contribution is 2.34. The van der Waals surface area contributed by atoms with Crippen LogP contribution in [0.4, 0.5) is 5.00 Å². The van der Waals surface area contributed by atoms with E-state index in [9.17, 15) is 14.9 Å². The second kappa shape index (κ2) is 8.91. The lowest BCUT2D eigenvalue weighted by Crippen LogP contribution is -2.13. The summed E-state index contributed by atoms with van der Waals surface area (Å²) in [4.78, 5) is 31.7. The van der Waals surface area contributed by atoms with Crippen molar-refractivity contribution in [2.45, 2.75) is 26.9 Å². The van der Waals surface area contributed by atoms with Crippen molar-refractivity contribution < 1.29 is 14.3 Å². The number of nitrogens with zero attached hydrogens (tertiary/aromatic N) is 2. The summed E-state index contributed by atoms with van der Waals surface area (Å²) in [5, 5.41) is 15.5. The maximum absolute atomic E-state index is 13.3. The van der Waals surface area contributed by atoms with Crippen LogP contribution in [0.5, 0.6) is 0 Å². The zero-order valence-corrected chi connectivity index (χ0v) is 19.3. The van der Waals surface area contributed by atoms with E-state index in [0.717, 1.165) is 16.2 Å². The van der Waals surface area contributed by atoms with E-state index < -0.39 is 5.97 Å². The normalized spacial score (nSPS) is 10.8. The first-order valence-corrected chi connectivity index (χ1v) is 11.6. The van der Waals surface area contributed by atoms with Crippen molar-refractivity contribution in [3.8, 4) is 16.6 Å². The average Bonchev–Trinajstić information content (AvgIpc) is 3.40. The number of aromatic nitrogens is 1. The summed E-state index contributed by atoms with van der Waals surface area (Å²) in [6.45, 7) is 5.20. The van der Waals surface area contributed by atoms with Gasteiger partial charge in [0.05, 0.1) is 33.3 Å². The lowest BCUT2D eigenvalue weighted by molar-refractivity contribution is 0.0383. The molecule has 0 unspecified atom stereocenters. The molecular weight excluding hydrogens is 442 g/mol. The quantitative estimate of drug-likeness (QED) is 0.367. The monoisotopic (exact) mass is 461 g/mol. The molecule has 3 heterocycles. The SMILES string of the molecule is Cc1c(C(=O)OC(C)C)sc(NC(=O)c2cc(-c3cccs3)nc3ccccc23)c1C#N. The highest BCUT2D eigenvalue weighted by Gasteiger charge is 2.24. The Morgan fingerprint density at radius 2 is 1.97 bits per heavy atom. The lowest BCUT2D eigenvalue weighted by Gasteiger charge is -2.09. The number of para-hydroxylation sites is 1. The van der Waals surface area contributed by atoms with E-state index in [1.807, 2.05) is 41.8 Å². The van der Waals surface area contributed by atoms with Crippen LogP contribution in [0.1, 0.15) is 45.0 Å². The Bertz CT molecular complexity index is 1370. The predicted octanol–water partition coefficient (Wildman–Crippen LogP) is 6.02. The molecule has 1 amide bonds. The molecule has 0 fully saturated rings. The summed E-state index contributed by atoms with van der Waals surface area (Å²) in [6.07, 6.45) is -0.286. The van der Waals surface area contributed by atoms with E-state index in [-0.39, 0.29) is 17.6 Å². The van der Waals surface area contributed by atoms with Gasteiger partial charge in [-0.3, -0.25) is 4.79 Å². The number of fused-ring (bicyclic) bond motifs is 1. The number of pyridine rings is 1. The van der Waals surface area contributed by atoms with E-state index >= 15 is 0 Å². The van der Waals surface area contributed by atoms with Gasteiger partial charge >= 0.3 is 5.97 Å². The van der Waals surface area contributed by atoms with Crippen molar-refractivity contribution in [2.75, 3.05) is 5.32 Å². The topological polar surface area (TPSA) is 92.1 Å². The number of thiophene rings is 2. The molecule has 0 aliphatic rings. The van der Waals surface area contributed by atoms with Crippen molar-refractivity contribution in [1.29, 1.82) is 5.26 Å². The summed E-state index contributed by atoms with van der Waals surface area (Å²) < 4.78 is 5.28. The Morgan fingerprint density at radius 1 is 1.19 bits per heavy atom. The number of rotatable bonds is 5. The molecule has 1 aromatic carbocycles. The minimum atomic E-state index is -0.506. The number of carbonyl (C=O) groups is 2. The number of nitrogens with one attached hydrogen (secondary N) is 1. The summed E-state index contributed by atoms with van der Waals surface area (Å²) in [6, 6.07) is 15.2. The van der Waals surface area contributed by atoms with E-state index in [1.54, 1.807) is 38.2 Å². The largest absolute Gasteiger partial charge is 0.459 e. The molecule has 0 atom stereocenters. The van der Waals surface area contributed by atoms with Gasteiger partial charge < -0.3 is 10.1 Å². The van der Waals surface area contributed by atoms with E-state index in [0.29, 0.717) is 37.6 Å². The minimum absolute atomic E-state index is 0.260. The van der Waals surface area contributed by atoms with Gasteiger partial charge in [-0.05, 0) is 49.9 Å². The molecule has 0 aliphatic carbocycles. The molecule has 0 bridgehead atoms. The smallest absolute Gasteiger partial charge is 0.348 e. The van der Waals surface area contributed by atoms with Gasteiger partial charge in [-0.15, -0.1) is 22.7 Å². The molecule has 160 valence electrons. The number of hydrogen-bond donors (Lipinski definition) is 1. The average molecular weight is 462 g/mol. The van der Waals surface area contributed by atoms with Gasteiger partial charge in [-0.25, -0.2) is 9.78 Å². The van der Waals surface area contributed by atoms with Crippen molar-refractivity contribution >= 4 is 50.5 Å². The Hall–Kier alpha value is -3.54. The van der Waals surface area contributed by atoms with Gasteiger partial charge in [-0.2, -0.15) is 5.26 Å². The first-order chi connectivity index (χ1) is 15.4. The van der Waals surface area contributed by atoms with Crippen molar-refractivity contribution in [3.05, 3.63) is 69.4 Å². The third-order valence-electron chi connectivity index (χ3n) is 4.75. The summed E-state index contributed by atoms with van der Waals surface area (Å²) in [7, 11) is 0. The number of nitriles is 1. The lowest BCUT2D eigenvalue weighted by atomic mass is 10.1. The van der Waals surface area contributed by atoms with Gasteiger partial charge in [0.25, 0.3) is 5.91 Å². The molecule has 32 heavy (non-hydrogen) atoms. The molecule has 0 saturated heterocycles. The first kappa shape index (κ1) is 21.7. The number of hydrogen-bond acceptors (Lipinski definition) is 7. The fraction of sp³-hybridized carbons (Fsp3) is 0.167. The number of anilines is 1. The van der Waals surface area contributed by atoms with Crippen LogP contribution >= 0.6 is 22.7 Å². The maximum Gasteiger partial charge on any atom is 0.348 e. The standard InChI is InChI=1S/C24H19N3O3S2/c1-13(2)30-24(29)21-14(3)17(12-25)23(32-21)27-22(28)16-11-19(20-9-6-10-31-20)26-18-8-5-4-7-15(16)18/h4-11,13H,1-3H3,(H,27,28). The molecule has 4 aromatic rings. The number of amides is 1. The maximum atomic E-state index is 13.3. The Kier molecular flexibility index (Phi) is 6.04. The van der Waals surface area contributed by atoms with Gasteiger partial charge in [0.15, 0.2) is 0 Å². The van der Waals surface area contributed by atoms with Gasteiger partial charge in [0, 0.05) is 5.39 Å². The zero-order valence-electron chi connectivity index (χ0n) is 17.6. The summed E-state index contributed by atoms with van der Waals surface area (Å²) in [5.41, 5.74) is 2.61. The van der Waals surface area contributed by atoms with Crippen LogP contribution in [0.25, 0.3) is 21.5 Å². The van der Waals surface area contributed by atoms with Gasteiger partial charge in [0.2, 0.25) is 0 Å². The van der Waals surface area contributed by atoms with E-state index in [2.05, 4.69) is 16.4 Å². The molecule has 6 nitrogen and oxygen atoms in total. The zero-order chi connectivity index (χ0) is 22.8. The molecule has 0 saturated carbocycles. The highest BCUT2D eigenvalue weighted by molar-refractivity contribution is 7.18. The van der Waals surface area contributed by atoms with Gasteiger partial charge in [-0.1, -0.05) is 24.3 Å². The van der Waals surface area contributed by atoms with Crippen molar-refractivity contribution in [2.24, 2.45) is 0 Å². The minimum Gasteiger partial charge on any atom is -0.459 e. The molecule has 8 heteroatoms. The van der Waals surface area contributed by atoms with E-state index in [1.165, 1.54) is 0 Å². The van der Waals surface area contributed by atoms with Crippen LogP contribution in [-0.4, -0.2) is 23.0 Å². The van der Waals surface area contributed by atoms with E-state index in [4.69, 9.17) is 4.74 Å². The first-order valence-electron chi connectivity index (χ1n) is 9.88. The second-order valence-corrected chi connectivity index (χ2v) is 9.30. The number of carbonyl (C=O) groups excluding carboxylic acids is 2. The second-order valence-electron chi connectivity index (χ2n) is 7.33. The van der Waals surface area contributed by atoms with Crippen LogP contribution in [0.2, 0.25) is 0 Å². The van der Waals surface area contributed by atoms with Crippen molar-refractivity contribution in [3.63, 3.8) is 0 Å². The molecule has 3 aromatic heterocycles. The fourth-order valence-electron chi connectivity index (χ4n) is 3.28. The van der Waals surface area contributed by atoms with Crippen LogP contribution < -0.4 is 5.32 Å². The number of benzene rings is 1. The third-order valence-corrected chi connectivity index (χ3v) is 6.83. The van der Waals surface area contributed by atoms with Crippen LogP contribution in [0.15, 0.2) is 47.8 Å². The van der Waals surface area contributed by atoms with Crippen molar-refractivity contribution in [1.82, 2.24) is 4.98 Å². The molecule has 0 aliphatic heterocycles. The van der Waals surface area contributed by atoms with Crippen LogP contribution in [0.3, 0.4) is 0 Å². The predicted molar refractivity (Wildman–Crippen MR) is 127 cm³/mol. The Balaban J connectivity index is 1.75. The van der Waals surface area contributed by atoms with Crippen LogP contribution in [0, 0.1) is 18.3 Å². The molecule has 0 spiro atoms. The van der Waals surface area contributed by atoms with Gasteiger partial charge in [0.1, 0.15) is 15.9 Å². The summed E-state index contributed by atoms with van der Waals surface area (Å²) in [5.74, 6) is -0.878. The Labute approximate surface area is 193 Å². The fourth-order valence-corrected chi connectivity index (χ4v) is 5.00. The van der Waals surface area contributed by atoms with Crippen LogP contribution in [-0.2, 0) is 4.74 Å². The molecule has 4 rings (SSSR count). The number of esters is 1. The summed E-state index contributed by atoms with van der Waals surface area (Å²) >= 11 is 2.59. The molecule has 0 radical (unpaired) electrons.